The molecule has 0 bridgehead atoms. The summed E-state index contributed by atoms with van der Waals surface area (Å²) in [6.07, 6.45) is 1.38. The monoisotopic (exact) mass is 351 g/mol. The van der Waals surface area contributed by atoms with Crippen molar-refractivity contribution >= 4 is 31.6 Å². The van der Waals surface area contributed by atoms with E-state index < -0.39 is 19.9 Å². The zero-order valence-electron chi connectivity index (χ0n) is 12.1. The lowest BCUT2D eigenvalue weighted by Crippen LogP contribution is -2.13. The summed E-state index contributed by atoms with van der Waals surface area (Å²) >= 11 is 0. The van der Waals surface area contributed by atoms with Gasteiger partial charge in [-0.1, -0.05) is 6.07 Å². The molecule has 1 aliphatic heterocycles. The van der Waals surface area contributed by atoms with Crippen LogP contribution in [-0.4, -0.2) is 23.9 Å². The predicted octanol–water partition coefficient (Wildman–Crippen LogP) is 2.25. The van der Waals surface area contributed by atoms with Crippen LogP contribution < -0.4 is 9.46 Å². The molecule has 1 heterocycles. The summed E-state index contributed by atoms with van der Waals surface area (Å²) in [5.41, 5.74) is 0.714. The minimum Gasteiger partial charge on any atom is -0.497 e. The number of ether oxygens (including phenoxy) is 1. The van der Waals surface area contributed by atoms with Gasteiger partial charge in [0, 0.05) is 11.5 Å². The van der Waals surface area contributed by atoms with E-state index in [-0.39, 0.29) is 9.79 Å². The van der Waals surface area contributed by atoms with Crippen LogP contribution in [0.2, 0.25) is 0 Å². The predicted molar refractivity (Wildman–Crippen MR) is 86.5 cm³/mol. The maximum absolute atomic E-state index is 12.4. The van der Waals surface area contributed by atoms with Gasteiger partial charge in [0.25, 0.3) is 10.0 Å². The van der Waals surface area contributed by atoms with Gasteiger partial charge in [-0.2, -0.15) is 0 Å². The Morgan fingerprint density at radius 2 is 1.87 bits per heavy atom. The number of sulfonamides is 1. The lowest BCUT2D eigenvalue weighted by molar-refractivity contribution is 0.415. The third-order valence-electron chi connectivity index (χ3n) is 3.35. The normalized spacial score (nSPS) is 15.2. The smallest absolute Gasteiger partial charge is 0.261 e. The summed E-state index contributed by atoms with van der Waals surface area (Å²) in [4.78, 5) is 0.0960. The van der Waals surface area contributed by atoms with E-state index in [4.69, 9.17) is 4.74 Å². The van der Waals surface area contributed by atoms with Crippen LogP contribution in [0.3, 0.4) is 0 Å². The van der Waals surface area contributed by atoms with Crippen LogP contribution >= 0.6 is 0 Å². The number of hydrogen-bond donors (Lipinski definition) is 1. The van der Waals surface area contributed by atoms with Crippen molar-refractivity contribution in [1.82, 2.24) is 0 Å². The highest BCUT2D eigenvalue weighted by Gasteiger charge is 2.23. The minimum absolute atomic E-state index is 0.0131. The Morgan fingerprint density at radius 3 is 2.61 bits per heavy atom. The summed E-state index contributed by atoms with van der Waals surface area (Å²) in [7, 11) is -5.79. The van der Waals surface area contributed by atoms with Crippen LogP contribution in [0.25, 0.3) is 6.08 Å². The molecule has 0 saturated heterocycles. The number of sulfone groups is 1. The Bertz CT molecular complexity index is 1010. The lowest BCUT2D eigenvalue weighted by Gasteiger charge is -2.10. The summed E-state index contributed by atoms with van der Waals surface area (Å²) in [6, 6.07) is 10.4. The SMILES string of the molecule is COc1cccc(NS(=O)(=O)c2ccc3c(c2)C=CS3(=O)=O)c1. The van der Waals surface area contributed by atoms with Crippen molar-refractivity contribution in [3.63, 3.8) is 0 Å². The second-order valence-corrected chi connectivity index (χ2v) is 8.37. The standard InChI is InChI=1S/C15H13NO5S2/c1-21-13-4-2-3-12(10-13)16-23(19,20)14-5-6-15-11(9-14)7-8-22(15,17)18/h2-10,16H,1H3. The van der Waals surface area contributed by atoms with E-state index in [1.165, 1.54) is 31.4 Å². The average Bonchev–Trinajstić information content (AvgIpc) is 2.82. The molecule has 2 aromatic rings. The van der Waals surface area contributed by atoms with E-state index in [2.05, 4.69) is 4.72 Å². The van der Waals surface area contributed by atoms with Crippen LogP contribution in [-0.2, 0) is 19.9 Å². The first-order valence-electron chi connectivity index (χ1n) is 6.56. The number of anilines is 1. The molecule has 6 nitrogen and oxygen atoms in total. The Morgan fingerprint density at radius 1 is 1.09 bits per heavy atom. The van der Waals surface area contributed by atoms with Crippen LogP contribution in [0.15, 0.2) is 57.7 Å². The first-order valence-corrected chi connectivity index (χ1v) is 9.59. The molecule has 0 spiro atoms. The highest BCUT2D eigenvalue weighted by Crippen LogP contribution is 2.29. The first kappa shape index (κ1) is 15.6. The van der Waals surface area contributed by atoms with Gasteiger partial charge in [-0.05, 0) is 42.0 Å². The van der Waals surface area contributed by atoms with Gasteiger partial charge in [-0.3, -0.25) is 4.72 Å². The third-order valence-corrected chi connectivity index (χ3v) is 6.20. The molecule has 1 aliphatic rings. The van der Waals surface area contributed by atoms with Crippen LogP contribution in [0, 0.1) is 0 Å². The van der Waals surface area contributed by atoms with E-state index in [0.717, 1.165) is 5.41 Å². The van der Waals surface area contributed by atoms with Gasteiger partial charge in [0.05, 0.1) is 22.6 Å². The maximum atomic E-state index is 12.4. The molecule has 0 fully saturated rings. The van der Waals surface area contributed by atoms with Crippen molar-refractivity contribution in [2.24, 2.45) is 0 Å². The van der Waals surface area contributed by atoms with Crippen molar-refractivity contribution in [3.8, 4) is 5.75 Å². The zero-order chi connectivity index (χ0) is 16.7. The molecule has 0 radical (unpaired) electrons. The Balaban J connectivity index is 1.96. The van der Waals surface area contributed by atoms with E-state index in [0.29, 0.717) is 17.0 Å². The van der Waals surface area contributed by atoms with E-state index in [1.807, 2.05) is 0 Å². The fraction of sp³-hybridized carbons (Fsp3) is 0.0667. The molecule has 3 rings (SSSR count). The summed E-state index contributed by atoms with van der Waals surface area (Å²) in [5.74, 6) is 0.521. The highest BCUT2D eigenvalue weighted by molar-refractivity contribution is 7.95. The quantitative estimate of drug-likeness (QED) is 0.912. The summed E-state index contributed by atoms with van der Waals surface area (Å²) < 4.78 is 55.8. The van der Waals surface area contributed by atoms with Gasteiger partial charge in [0.15, 0.2) is 9.84 Å². The van der Waals surface area contributed by atoms with Crippen molar-refractivity contribution in [2.75, 3.05) is 11.8 Å². The number of benzene rings is 2. The second kappa shape index (κ2) is 5.39. The molecule has 0 unspecified atom stereocenters. The molecule has 0 aromatic heterocycles. The van der Waals surface area contributed by atoms with Gasteiger partial charge < -0.3 is 4.74 Å². The fourth-order valence-corrected chi connectivity index (χ4v) is 4.49. The van der Waals surface area contributed by atoms with Gasteiger partial charge in [-0.15, -0.1) is 0 Å². The Hall–Kier alpha value is -2.32. The molecule has 0 saturated carbocycles. The van der Waals surface area contributed by atoms with Gasteiger partial charge in [0.1, 0.15) is 5.75 Å². The summed E-state index contributed by atoms with van der Waals surface area (Å²) in [6.45, 7) is 0. The molecule has 2 aromatic carbocycles. The molecule has 0 amide bonds. The van der Waals surface area contributed by atoms with E-state index in [9.17, 15) is 16.8 Å². The van der Waals surface area contributed by atoms with Crippen molar-refractivity contribution in [3.05, 3.63) is 53.4 Å². The molecule has 0 aliphatic carbocycles. The van der Waals surface area contributed by atoms with Crippen molar-refractivity contribution in [1.29, 1.82) is 0 Å². The van der Waals surface area contributed by atoms with Crippen LogP contribution in [0.5, 0.6) is 5.75 Å². The van der Waals surface area contributed by atoms with Crippen molar-refractivity contribution < 1.29 is 21.6 Å². The van der Waals surface area contributed by atoms with Gasteiger partial charge >= 0.3 is 0 Å². The average molecular weight is 351 g/mol. The molecule has 8 heteroatoms. The lowest BCUT2D eigenvalue weighted by atomic mass is 10.2. The third kappa shape index (κ3) is 2.95. The Labute approximate surface area is 134 Å². The molecule has 1 N–H and O–H groups in total. The number of fused-ring (bicyclic) bond motifs is 1. The minimum atomic E-state index is -3.83. The molecule has 0 atom stereocenters. The topological polar surface area (TPSA) is 89.5 Å². The number of hydrogen-bond acceptors (Lipinski definition) is 5. The zero-order valence-corrected chi connectivity index (χ0v) is 13.7. The summed E-state index contributed by atoms with van der Waals surface area (Å²) in [5, 5.41) is 1.06. The van der Waals surface area contributed by atoms with Gasteiger partial charge in [0.2, 0.25) is 0 Å². The first-order chi connectivity index (χ1) is 10.8. The Kier molecular flexibility index (Phi) is 3.65. The molecule has 23 heavy (non-hydrogen) atoms. The largest absolute Gasteiger partial charge is 0.497 e. The highest BCUT2D eigenvalue weighted by atomic mass is 32.2. The maximum Gasteiger partial charge on any atom is 0.261 e. The molecular formula is C15H13NO5S2. The fourth-order valence-electron chi connectivity index (χ4n) is 2.22. The molecular weight excluding hydrogens is 338 g/mol. The van der Waals surface area contributed by atoms with Gasteiger partial charge in [-0.25, -0.2) is 16.8 Å². The van der Waals surface area contributed by atoms with E-state index >= 15 is 0 Å². The molecule has 120 valence electrons. The number of nitrogens with one attached hydrogen (secondary N) is 1. The van der Waals surface area contributed by atoms with E-state index in [1.54, 1.807) is 24.3 Å². The van der Waals surface area contributed by atoms with Crippen LogP contribution in [0.4, 0.5) is 5.69 Å². The number of rotatable bonds is 4. The number of methoxy groups -OCH3 is 1. The second-order valence-electron chi connectivity index (χ2n) is 4.88. The van der Waals surface area contributed by atoms with Crippen molar-refractivity contribution in [2.45, 2.75) is 9.79 Å². The van der Waals surface area contributed by atoms with Crippen LogP contribution in [0.1, 0.15) is 5.56 Å².